The second kappa shape index (κ2) is 5.23. The van der Waals surface area contributed by atoms with Crippen molar-refractivity contribution in [3.8, 4) is 6.07 Å². The van der Waals surface area contributed by atoms with Gasteiger partial charge in [-0.3, -0.25) is 0 Å². The van der Waals surface area contributed by atoms with Crippen LogP contribution in [0.5, 0.6) is 0 Å². The number of alkyl halides is 1. The van der Waals surface area contributed by atoms with Crippen molar-refractivity contribution in [3.05, 3.63) is 29.8 Å². The molecule has 0 bridgehead atoms. The number of para-hydroxylation sites is 1. The highest BCUT2D eigenvalue weighted by atomic mass is 35.5. The van der Waals surface area contributed by atoms with E-state index in [1.165, 1.54) is 18.5 Å². The van der Waals surface area contributed by atoms with Crippen LogP contribution >= 0.6 is 11.6 Å². The molecular formula is C13H15ClN2. The predicted octanol–water partition coefficient (Wildman–Crippen LogP) is 3.31. The molecule has 0 aromatic heterocycles. The van der Waals surface area contributed by atoms with Gasteiger partial charge >= 0.3 is 0 Å². The Morgan fingerprint density at radius 2 is 2.12 bits per heavy atom. The van der Waals surface area contributed by atoms with E-state index in [0.717, 1.165) is 12.1 Å². The van der Waals surface area contributed by atoms with Gasteiger partial charge in [0.1, 0.15) is 0 Å². The number of anilines is 1. The zero-order chi connectivity index (χ0) is 11.4. The Morgan fingerprint density at radius 1 is 1.38 bits per heavy atom. The normalized spacial score (nSPS) is 14.5. The van der Waals surface area contributed by atoms with Gasteiger partial charge in [0.2, 0.25) is 0 Å². The fraction of sp³-hybridized carbons (Fsp3) is 0.462. The molecule has 2 rings (SSSR count). The lowest BCUT2D eigenvalue weighted by atomic mass is 10.1. The van der Waals surface area contributed by atoms with Crippen molar-refractivity contribution in [2.24, 2.45) is 0 Å². The summed E-state index contributed by atoms with van der Waals surface area (Å²) in [5.41, 5.74) is 2.37. The quantitative estimate of drug-likeness (QED) is 0.731. The summed E-state index contributed by atoms with van der Waals surface area (Å²) in [6.07, 6.45) is 3.05. The van der Waals surface area contributed by atoms with Gasteiger partial charge in [-0.05, 0) is 24.5 Å². The molecule has 1 aromatic carbocycles. The molecule has 1 aromatic rings. The Bertz CT molecular complexity index is 393. The summed E-state index contributed by atoms with van der Waals surface area (Å²) in [6, 6.07) is 11.0. The average molecular weight is 235 g/mol. The van der Waals surface area contributed by atoms with Gasteiger partial charge in [0, 0.05) is 24.2 Å². The van der Waals surface area contributed by atoms with Gasteiger partial charge in [-0.25, -0.2) is 0 Å². The summed E-state index contributed by atoms with van der Waals surface area (Å²) >= 11 is 5.94. The molecular weight excluding hydrogens is 220 g/mol. The third-order valence-corrected chi connectivity index (χ3v) is 3.19. The number of halogens is 1. The number of nitrogens with zero attached hydrogens (tertiary/aromatic N) is 2. The topological polar surface area (TPSA) is 27.0 Å². The van der Waals surface area contributed by atoms with E-state index in [9.17, 15) is 0 Å². The van der Waals surface area contributed by atoms with Crippen molar-refractivity contribution in [1.29, 1.82) is 5.26 Å². The molecule has 0 amide bonds. The van der Waals surface area contributed by atoms with Crippen LogP contribution in [-0.4, -0.2) is 12.6 Å². The van der Waals surface area contributed by atoms with Crippen molar-refractivity contribution in [2.75, 3.05) is 11.4 Å². The van der Waals surface area contributed by atoms with Gasteiger partial charge in [-0.2, -0.15) is 5.26 Å². The number of hydrogen-bond acceptors (Lipinski definition) is 2. The molecule has 0 aliphatic heterocycles. The molecule has 84 valence electrons. The number of hydrogen-bond donors (Lipinski definition) is 0. The zero-order valence-corrected chi connectivity index (χ0v) is 9.95. The van der Waals surface area contributed by atoms with Gasteiger partial charge in [0.15, 0.2) is 0 Å². The third-order valence-electron chi connectivity index (χ3n) is 2.90. The molecule has 0 spiro atoms. The maximum Gasteiger partial charge on any atom is 0.0640 e. The minimum atomic E-state index is 0.534. The predicted molar refractivity (Wildman–Crippen MR) is 66.6 cm³/mol. The Hall–Kier alpha value is -1.20. The molecule has 0 saturated heterocycles. The van der Waals surface area contributed by atoms with E-state index in [4.69, 9.17) is 16.9 Å². The molecule has 3 heteroatoms. The first-order valence-corrected chi connectivity index (χ1v) is 6.17. The summed E-state index contributed by atoms with van der Waals surface area (Å²) in [6.45, 7) is 0.815. The molecule has 0 radical (unpaired) electrons. The molecule has 0 atom stereocenters. The highest BCUT2D eigenvalue weighted by Crippen LogP contribution is 2.34. The van der Waals surface area contributed by atoms with E-state index in [2.05, 4.69) is 23.1 Å². The Kier molecular flexibility index (Phi) is 3.69. The molecule has 1 aliphatic rings. The summed E-state index contributed by atoms with van der Waals surface area (Å²) < 4.78 is 0. The zero-order valence-electron chi connectivity index (χ0n) is 9.19. The van der Waals surface area contributed by atoms with Gasteiger partial charge in [-0.1, -0.05) is 18.2 Å². The number of rotatable bonds is 5. The van der Waals surface area contributed by atoms with E-state index in [-0.39, 0.29) is 0 Å². The van der Waals surface area contributed by atoms with Gasteiger partial charge in [0.05, 0.1) is 12.5 Å². The van der Waals surface area contributed by atoms with E-state index >= 15 is 0 Å². The van der Waals surface area contributed by atoms with Gasteiger partial charge in [0.25, 0.3) is 0 Å². The summed E-state index contributed by atoms with van der Waals surface area (Å²) in [7, 11) is 0. The maximum atomic E-state index is 8.69. The van der Waals surface area contributed by atoms with E-state index in [1.54, 1.807) is 0 Å². The van der Waals surface area contributed by atoms with Crippen LogP contribution in [0.3, 0.4) is 0 Å². The SMILES string of the molecule is N#CCCN(c1ccccc1CCl)C1CC1. The van der Waals surface area contributed by atoms with Gasteiger partial charge in [-0.15, -0.1) is 11.6 Å². The van der Waals surface area contributed by atoms with Crippen molar-refractivity contribution in [3.63, 3.8) is 0 Å². The second-order valence-electron chi connectivity index (χ2n) is 4.10. The first-order valence-electron chi connectivity index (χ1n) is 5.64. The molecule has 1 saturated carbocycles. The minimum Gasteiger partial charge on any atom is -0.367 e. The molecule has 0 heterocycles. The molecule has 16 heavy (non-hydrogen) atoms. The van der Waals surface area contributed by atoms with Crippen molar-refractivity contribution >= 4 is 17.3 Å². The van der Waals surface area contributed by atoms with Crippen molar-refractivity contribution < 1.29 is 0 Å². The average Bonchev–Trinajstić information content (AvgIpc) is 3.14. The largest absolute Gasteiger partial charge is 0.367 e. The van der Waals surface area contributed by atoms with Crippen molar-refractivity contribution in [2.45, 2.75) is 31.2 Å². The highest BCUT2D eigenvalue weighted by molar-refractivity contribution is 6.17. The highest BCUT2D eigenvalue weighted by Gasteiger charge is 2.29. The van der Waals surface area contributed by atoms with Gasteiger partial charge < -0.3 is 4.90 Å². The summed E-state index contributed by atoms with van der Waals surface area (Å²) in [5.74, 6) is 0.534. The molecule has 2 nitrogen and oxygen atoms in total. The fourth-order valence-corrected chi connectivity index (χ4v) is 2.19. The van der Waals surface area contributed by atoms with Crippen LogP contribution in [0.1, 0.15) is 24.8 Å². The Labute approximate surface area is 101 Å². The summed E-state index contributed by atoms with van der Waals surface area (Å²) in [4.78, 5) is 2.33. The van der Waals surface area contributed by atoms with E-state index in [1.807, 2.05) is 12.1 Å². The summed E-state index contributed by atoms with van der Waals surface area (Å²) in [5, 5.41) is 8.69. The second-order valence-corrected chi connectivity index (χ2v) is 4.36. The maximum absolute atomic E-state index is 8.69. The lowest BCUT2D eigenvalue weighted by Gasteiger charge is -2.25. The first-order chi connectivity index (χ1) is 7.86. The molecule has 0 N–H and O–H groups in total. The molecule has 1 aliphatic carbocycles. The molecule has 1 fully saturated rings. The van der Waals surface area contributed by atoms with E-state index < -0.39 is 0 Å². The Balaban J connectivity index is 2.20. The smallest absolute Gasteiger partial charge is 0.0640 e. The lowest BCUT2D eigenvalue weighted by molar-refractivity contribution is 0.789. The molecule has 0 unspecified atom stereocenters. The minimum absolute atomic E-state index is 0.534. The third kappa shape index (κ3) is 2.48. The van der Waals surface area contributed by atoms with Crippen LogP contribution in [0, 0.1) is 11.3 Å². The van der Waals surface area contributed by atoms with Crippen LogP contribution in [-0.2, 0) is 5.88 Å². The van der Waals surface area contributed by atoms with Crippen LogP contribution in [0.15, 0.2) is 24.3 Å². The first kappa shape index (κ1) is 11.3. The van der Waals surface area contributed by atoms with Crippen LogP contribution in [0.25, 0.3) is 0 Å². The fourth-order valence-electron chi connectivity index (χ4n) is 1.96. The lowest BCUT2D eigenvalue weighted by Crippen LogP contribution is -2.27. The monoisotopic (exact) mass is 234 g/mol. The van der Waals surface area contributed by atoms with Crippen LogP contribution in [0.2, 0.25) is 0 Å². The number of nitriles is 1. The standard InChI is InChI=1S/C13H15ClN2/c14-10-11-4-1-2-5-13(11)16(9-3-8-15)12-6-7-12/h1-2,4-5,12H,3,6-7,9-10H2. The van der Waals surface area contributed by atoms with Crippen LogP contribution in [0.4, 0.5) is 5.69 Å². The number of benzene rings is 1. The van der Waals surface area contributed by atoms with Crippen molar-refractivity contribution in [1.82, 2.24) is 0 Å². The van der Waals surface area contributed by atoms with E-state index in [0.29, 0.717) is 18.3 Å². The Morgan fingerprint density at radius 3 is 2.75 bits per heavy atom. The van der Waals surface area contributed by atoms with Crippen LogP contribution < -0.4 is 4.90 Å².